The average Bonchev–Trinajstić information content (AvgIpc) is 2.73. The van der Waals surface area contributed by atoms with Crippen molar-refractivity contribution < 1.29 is 4.92 Å². The average molecular weight is 339 g/mol. The molecule has 0 radical (unpaired) electrons. The monoisotopic (exact) mass is 337 g/mol. The number of nitro groups is 1. The highest BCUT2D eigenvalue weighted by molar-refractivity contribution is 7.15. The summed E-state index contributed by atoms with van der Waals surface area (Å²) >= 11 is 18.7. The van der Waals surface area contributed by atoms with Crippen LogP contribution >= 0.6 is 46.1 Å². The quantitative estimate of drug-likeness (QED) is 0.652. The Morgan fingerprint density at radius 1 is 1.37 bits per heavy atom. The van der Waals surface area contributed by atoms with Gasteiger partial charge in [-0.15, -0.1) is 11.3 Å². The van der Waals surface area contributed by atoms with Gasteiger partial charge >= 0.3 is 0 Å². The van der Waals surface area contributed by atoms with Crippen LogP contribution in [-0.4, -0.2) is 9.91 Å². The fraction of sp³-hybridized carbons (Fsp3) is 0.100. The molecule has 0 aliphatic carbocycles. The zero-order valence-corrected chi connectivity index (χ0v) is 12.3. The lowest BCUT2D eigenvalue weighted by Crippen LogP contribution is -2.02. The van der Waals surface area contributed by atoms with Crippen LogP contribution in [0.15, 0.2) is 18.3 Å². The highest BCUT2D eigenvalue weighted by atomic mass is 35.5. The summed E-state index contributed by atoms with van der Waals surface area (Å²) in [5.74, 6) is 0. The molecule has 0 aliphatic heterocycles. The second-order valence-electron chi connectivity index (χ2n) is 3.47. The fourth-order valence-corrected chi connectivity index (χ4v) is 2.89. The summed E-state index contributed by atoms with van der Waals surface area (Å²) < 4.78 is 0.411. The van der Waals surface area contributed by atoms with Crippen LogP contribution in [0.3, 0.4) is 0 Å². The summed E-state index contributed by atoms with van der Waals surface area (Å²) in [7, 11) is 0. The largest absolute Gasteiger partial charge is 0.373 e. The fourth-order valence-electron chi connectivity index (χ4n) is 1.42. The van der Waals surface area contributed by atoms with Crippen molar-refractivity contribution in [2.45, 2.75) is 6.54 Å². The lowest BCUT2D eigenvalue weighted by molar-refractivity contribution is -0.383. The number of anilines is 1. The Balaban J connectivity index is 2.26. The lowest BCUT2D eigenvalue weighted by Gasteiger charge is -2.08. The second-order valence-corrected chi connectivity index (χ2v) is 6.01. The molecule has 0 unspecified atom stereocenters. The molecule has 0 spiro atoms. The number of nitro benzene ring substituents is 1. The molecule has 1 N–H and O–H groups in total. The number of thiazole rings is 1. The first kappa shape index (κ1) is 14.3. The van der Waals surface area contributed by atoms with Gasteiger partial charge in [0.15, 0.2) is 4.47 Å². The van der Waals surface area contributed by atoms with Gasteiger partial charge < -0.3 is 5.32 Å². The summed E-state index contributed by atoms with van der Waals surface area (Å²) in [5.41, 5.74) is 0.0497. The van der Waals surface area contributed by atoms with Crippen LogP contribution in [0.1, 0.15) is 4.88 Å². The van der Waals surface area contributed by atoms with E-state index in [1.165, 1.54) is 23.5 Å². The highest BCUT2D eigenvalue weighted by Crippen LogP contribution is 2.36. The van der Waals surface area contributed by atoms with Crippen LogP contribution in [0.25, 0.3) is 0 Å². The first-order chi connectivity index (χ1) is 8.97. The summed E-state index contributed by atoms with van der Waals surface area (Å²) in [6.45, 7) is 0.340. The van der Waals surface area contributed by atoms with Gasteiger partial charge in [-0.1, -0.05) is 34.8 Å². The van der Waals surface area contributed by atoms with Crippen molar-refractivity contribution in [2.75, 3.05) is 5.32 Å². The van der Waals surface area contributed by atoms with Crippen LogP contribution in [0.2, 0.25) is 14.5 Å². The Morgan fingerprint density at radius 2 is 2.11 bits per heavy atom. The molecule has 100 valence electrons. The maximum absolute atomic E-state index is 11.0. The van der Waals surface area contributed by atoms with Gasteiger partial charge in [0.25, 0.3) is 5.69 Å². The Morgan fingerprint density at radius 3 is 2.68 bits per heavy atom. The van der Waals surface area contributed by atoms with E-state index in [4.69, 9.17) is 34.8 Å². The maximum Gasteiger partial charge on any atom is 0.295 e. The van der Waals surface area contributed by atoms with E-state index in [9.17, 15) is 10.1 Å². The van der Waals surface area contributed by atoms with E-state index in [1.54, 1.807) is 6.20 Å². The van der Waals surface area contributed by atoms with Gasteiger partial charge in [-0.05, 0) is 6.07 Å². The van der Waals surface area contributed by atoms with E-state index in [1.807, 2.05) is 0 Å². The summed E-state index contributed by atoms with van der Waals surface area (Å²) in [4.78, 5) is 15.1. The smallest absolute Gasteiger partial charge is 0.295 e. The van der Waals surface area contributed by atoms with E-state index >= 15 is 0 Å². The lowest BCUT2D eigenvalue weighted by atomic mass is 10.2. The van der Waals surface area contributed by atoms with E-state index < -0.39 is 4.92 Å². The van der Waals surface area contributed by atoms with E-state index in [0.717, 1.165) is 4.88 Å². The molecule has 2 aromatic rings. The van der Waals surface area contributed by atoms with Crippen LogP contribution in [-0.2, 0) is 6.54 Å². The summed E-state index contributed by atoms with van der Waals surface area (Å²) in [6.07, 6.45) is 1.59. The Kier molecular flexibility index (Phi) is 4.46. The minimum absolute atomic E-state index is 0.173. The first-order valence-electron chi connectivity index (χ1n) is 4.95. The minimum atomic E-state index is -0.542. The van der Waals surface area contributed by atoms with E-state index in [-0.39, 0.29) is 21.4 Å². The molecular weight excluding hydrogens is 333 g/mol. The third-order valence-corrected chi connectivity index (χ3v) is 3.83. The van der Waals surface area contributed by atoms with Gasteiger partial charge in [0.1, 0.15) is 5.69 Å². The topological polar surface area (TPSA) is 68.1 Å². The van der Waals surface area contributed by atoms with Crippen LogP contribution in [0.4, 0.5) is 11.4 Å². The van der Waals surface area contributed by atoms with Gasteiger partial charge in [0, 0.05) is 22.2 Å². The third-order valence-electron chi connectivity index (χ3n) is 2.20. The molecule has 1 aromatic heterocycles. The molecule has 0 saturated carbocycles. The molecule has 0 bridgehead atoms. The second kappa shape index (κ2) is 5.92. The van der Waals surface area contributed by atoms with Crippen molar-refractivity contribution in [3.8, 4) is 0 Å². The molecule has 1 aromatic carbocycles. The molecular formula is C10H6Cl3N3O2S. The molecule has 0 saturated heterocycles. The minimum Gasteiger partial charge on any atom is -0.373 e. The number of hydrogen-bond donors (Lipinski definition) is 1. The number of aromatic nitrogens is 1. The van der Waals surface area contributed by atoms with Crippen molar-refractivity contribution in [1.82, 2.24) is 4.98 Å². The van der Waals surface area contributed by atoms with Crippen LogP contribution in [0, 0.1) is 10.1 Å². The Bertz CT molecular complexity index is 632. The summed E-state index contributed by atoms with van der Waals surface area (Å²) in [5, 5.41) is 14.3. The zero-order chi connectivity index (χ0) is 14.0. The SMILES string of the molecule is O=[N+]([O-])c1cc(Cl)cc(Cl)c1NCc1cnc(Cl)s1. The number of halogens is 3. The maximum atomic E-state index is 11.0. The van der Waals surface area contributed by atoms with Gasteiger partial charge in [-0.25, -0.2) is 4.98 Å². The van der Waals surface area contributed by atoms with Crippen LogP contribution < -0.4 is 5.32 Å². The number of nitrogens with one attached hydrogen (secondary N) is 1. The van der Waals surface area contributed by atoms with Crippen molar-refractivity contribution >= 4 is 57.5 Å². The summed E-state index contributed by atoms with van der Waals surface area (Å²) in [6, 6.07) is 2.69. The van der Waals surface area contributed by atoms with Gasteiger partial charge in [0.05, 0.1) is 16.5 Å². The predicted octanol–water partition coefficient (Wildman–Crippen LogP) is 4.62. The number of rotatable bonds is 4. The molecule has 0 aliphatic rings. The third kappa shape index (κ3) is 3.48. The molecule has 9 heteroatoms. The van der Waals surface area contributed by atoms with Gasteiger partial charge in [-0.2, -0.15) is 0 Å². The van der Waals surface area contributed by atoms with Crippen molar-refractivity contribution in [3.05, 3.63) is 47.8 Å². The molecule has 19 heavy (non-hydrogen) atoms. The Hall–Kier alpha value is -1.08. The van der Waals surface area contributed by atoms with Crippen molar-refractivity contribution in [3.63, 3.8) is 0 Å². The number of nitrogens with zero attached hydrogens (tertiary/aromatic N) is 2. The molecule has 5 nitrogen and oxygen atoms in total. The number of benzene rings is 1. The standard InChI is InChI=1S/C10H6Cl3N3O2S/c11-5-1-7(12)9(8(2-5)16(17)18)14-3-6-4-15-10(13)19-6/h1-2,4,14H,3H2. The van der Waals surface area contributed by atoms with Gasteiger partial charge in [0.2, 0.25) is 0 Å². The molecule has 0 fully saturated rings. The molecule has 1 heterocycles. The first-order valence-corrected chi connectivity index (χ1v) is 6.90. The van der Waals surface area contributed by atoms with Crippen molar-refractivity contribution in [1.29, 1.82) is 0 Å². The van der Waals surface area contributed by atoms with E-state index in [0.29, 0.717) is 11.0 Å². The zero-order valence-electron chi connectivity index (χ0n) is 9.19. The number of hydrogen-bond acceptors (Lipinski definition) is 5. The Labute approximate surface area is 127 Å². The normalized spacial score (nSPS) is 10.5. The molecule has 2 rings (SSSR count). The van der Waals surface area contributed by atoms with Crippen LogP contribution in [0.5, 0.6) is 0 Å². The van der Waals surface area contributed by atoms with Gasteiger partial charge in [-0.3, -0.25) is 10.1 Å². The molecule has 0 atom stereocenters. The molecule has 0 amide bonds. The van der Waals surface area contributed by atoms with Crippen molar-refractivity contribution in [2.24, 2.45) is 0 Å². The highest BCUT2D eigenvalue weighted by Gasteiger charge is 2.18. The van der Waals surface area contributed by atoms with E-state index in [2.05, 4.69) is 10.3 Å². The predicted molar refractivity (Wildman–Crippen MR) is 77.6 cm³/mol.